The van der Waals surface area contributed by atoms with Gasteiger partial charge < -0.3 is 9.30 Å². The summed E-state index contributed by atoms with van der Waals surface area (Å²) in [5.74, 6) is -0.0335. The van der Waals surface area contributed by atoms with E-state index in [0.29, 0.717) is 29.5 Å². The molecule has 0 fully saturated rings. The van der Waals surface area contributed by atoms with Gasteiger partial charge in [0.1, 0.15) is 11.5 Å². The molecule has 33 heavy (non-hydrogen) atoms. The zero-order valence-electron chi connectivity index (χ0n) is 19.6. The van der Waals surface area contributed by atoms with E-state index in [-0.39, 0.29) is 18.3 Å². The van der Waals surface area contributed by atoms with Gasteiger partial charge >= 0.3 is 6.09 Å². The van der Waals surface area contributed by atoms with Gasteiger partial charge in [-0.2, -0.15) is 0 Å². The monoisotopic (exact) mass is 498 g/mol. The smallest absolute Gasteiger partial charge is 0.414 e. The highest BCUT2D eigenvalue weighted by Gasteiger charge is 2.24. The molecule has 0 radical (unpaired) electrons. The van der Waals surface area contributed by atoms with Gasteiger partial charge in [-0.05, 0) is 44.9 Å². The Morgan fingerprint density at radius 3 is 2.58 bits per heavy atom. The molecule has 0 aliphatic heterocycles. The lowest BCUT2D eigenvalue weighted by molar-refractivity contribution is 0.0852. The van der Waals surface area contributed by atoms with Gasteiger partial charge in [-0.15, -0.1) is 0 Å². The van der Waals surface area contributed by atoms with Gasteiger partial charge in [0.25, 0.3) is 17.2 Å². The van der Waals surface area contributed by atoms with Crippen LogP contribution in [-0.4, -0.2) is 54.3 Å². The van der Waals surface area contributed by atoms with Crippen molar-refractivity contribution in [1.82, 2.24) is 13.9 Å². The zero-order chi connectivity index (χ0) is 24.7. The Bertz CT molecular complexity index is 1010. The molecule has 0 saturated heterocycles. The van der Waals surface area contributed by atoms with E-state index in [2.05, 4.69) is 4.98 Å². The lowest BCUT2D eigenvalue weighted by Crippen LogP contribution is -2.33. The zero-order valence-corrected chi connectivity index (χ0v) is 21.1. The van der Waals surface area contributed by atoms with Crippen LogP contribution in [0.3, 0.4) is 0 Å². The number of halogens is 1. The lowest BCUT2D eigenvalue weighted by Gasteiger charge is -2.19. The van der Waals surface area contributed by atoms with E-state index in [1.54, 1.807) is 56.8 Å². The van der Waals surface area contributed by atoms with E-state index in [9.17, 15) is 18.4 Å². The molecule has 0 spiro atoms. The minimum Gasteiger partial charge on any atom is -0.446 e. The fourth-order valence-electron chi connectivity index (χ4n) is 3.10. The molecular weight excluding hydrogens is 468 g/mol. The molecule has 11 heteroatoms. The summed E-state index contributed by atoms with van der Waals surface area (Å²) in [7, 11) is 1.60. The topological polar surface area (TPSA) is 105 Å². The first kappa shape index (κ1) is 26.8. The predicted octanol–water partition coefficient (Wildman–Crippen LogP) is 4.64. The highest BCUT2D eigenvalue weighted by Crippen LogP contribution is 2.25. The third-order valence-electron chi connectivity index (χ3n) is 4.95. The van der Waals surface area contributed by atoms with E-state index in [1.807, 2.05) is 6.92 Å². The van der Waals surface area contributed by atoms with Crippen LogP contribution in [0.15, 0.2) is 24.4 Å². The number of rotatable bonds is 10. The molecule has 1 N–H and O–H groups in total. The number of ether oxygens (including phenoxy) is 1. The van der Waals surface area contributed by atoms with Crippen LogP contribution in [0.2, 0.25) is 5.02 Å². The minimum absolute atomic E-state index is 0.0929. The van der Waals surface area contributed by atoms with Crippen LogP contribution in [0.5, 0.6) is 0 Å². The highest BCUT2D eigenvalue weighted by atomic mass is 35.5. The van der Waals surface area contributed by atoms with Crippen LogP contribution in [0, 0.1) is 6.92 Å². The number of imidazole rings is 1. The summed E-state index contributed by atoms with van der Waals surface area (Å²) in [5, 5.41) is 0.440. The summed E-state index contributed by atoms with van der Waals surface area (Å²) >= 11 is 4.04. The number of aromatic nitrogens is 2. The van der Waals surface area contributed by atoms with Crippen molar-refractivity contribution in [2.45, 2.75) is 59.6 Å². The Hall–Kier alpha value is -2.43. The predicted molar refractivity (Wildman–Crippen MR) is 129 cm³/mol. The van der Waals surface area contributed by atoms with Gasteiger partial charge in [-0.1, -0.05) is 37.4 Å². The number of carbonyl (C=O) groups excluding carboxylic acids is 2. The van der Waals surface area contributed by atoms with Crippen molar-refractivity contribution in [2.24, 2.45) is 0 Å². The van der Waals surface area contributed by atoms with Gasteiger partial charge in [-0.3, -0.25) is 14.2 Å². The van der Waals surface area contributed by atoms with Crippen LogP contribution < -0.4 is 4.90 Å². The van der Waals surface area contributed by atoms with Crippen LogP contribution in [0.1, 0.15) is 61.9 Å². The Morgan fingerprint density at radius 2 is 2.00 bits per heavy atom. The normalized spacial score (nSPS) is 12.0. The van der Waals surface area contributed by atoms with Gasteiger partial charge in [0.15, 0.2) is 0 Å². The molecule has 2 rings (SSSR count). The Morgan fingerprint density at radius 1 is 1.30 bits per heavy atom. The molecule has 182 valence electrons. The maximum atomic E-state index is 12.7. The number of hydrogen-bond donors (Lipinski definition) is 1. The second-order valence-electron chi connectivity index (χ2n) is 7.91. The number of nitrogens with zero attached hydrogens (tertiary/aromatic N) is 4. The summed E-state index contributed by atoms with van der Waals surface area (Å²) in [4.78, 5) is 30.5. The van der Waals surface area contributed by atoms with Crippen LogP contribution in [-0.2, 0) is 22.5 Å². The minimum atomic E-state index is -2.42. The first-order valence-corrected chi connectivity index (χ1v) is 12.2. The first-order chi connectivity index (χ1) is 15.5. The molecule has 0 aliphatic rings. The number of carbonyl (C=O) groups is 2. The van der Waals surface area contributed by atoms with Crippen molar-refractivity contribution in [1.29, 1.82) is 0 Å². The Balaban J connectivity index is 2.18. The molecule has 9 nitrogen and oxygen atoms in total. The maximum Gasteiger partial charge on any atom is 0.414 e. The van der Waals surface area contributed by atoms with Crippen molar-refractivity contribution in [2.75, 3.05) is 18.5 Å². The molecule has 1 aromatic carbocycles. The number of amides is 2. The van der Waals surface area contributed by atoms with Crippen molar-refractivity contribution >= 4 is 40.6 Å². The van der Waals surface area contributed by atoms with Gasteiger partial charge in [0, 0.05) is 30.5 Å². The van der Waals surface area contributed by atoms with Crippen LogP contribution in [0.25, 0.3) is 0 Å². The van der Waals surface area contributed by atoms with Crippen molar-refractivity contribution in [3.63, 3.8) is 0 Å². The molecule has 1 unspecified atom stereocenters. The summed E-state index contributed by atoms with van der Waals surface area (Å²) in [5.41, 5.74) is 1.44. The molecule has 0 bridgehead atoms. The molecule has 1 aromatic heterocycles. The van der Waals surface area contributed by atoms with E-state index >= 15 is 0 Å². The van der Waals surface area contributed by atoms with E-state index < -0.39 is 23.3 Å². The van der Waals surface area contributed by atoms with E-state index in [0.717, 1.165) is 22.7 Å². The Kier molecular flexibility index (Phi) is 9.87. The molecule has 1 atom stereocenters. The average Bonchev–Trinajstić information content (AvgIpc) is 3.11. The summed E-state index contributed by atoms with van der Waals surface area (Å²) < 4.78 is 29.0. The maximum absolute atomic E-state index is 12.7. The fourth-order valence-corrected chi connectivity index (χ4v) is 3.85. The van der Waals surface area contributed by atoms with Crippen molar-refractivity contribution < 1.29 is 23.1 Å². The lowest BCUT2D eigenvalue weighted by atomic mass is 10.2. The fraction of sp³-hybridized carbons (Fsp3) is 0.500. The summed E-state index contributed by atoms with van der Waals surface area (Å²) in [6.45, 7) is 7.82. The number of unbranched alkanes of at least 4 members (excludes halogenated alkanes) is 2. The number of benzene rings is 1. The molecular formula is C22H31ClN4O5S. The third kappa shape index (κ3) is 7.28. The quantitative estimate of drug-likeness (QED) is 0.378. The van der Waals surface area contributed by atoms with Crippen LogP contribution >= 0.6 is 11.6 Å². The number of aryl methyl sites for hydroxylation is 1. The standard InChI is InChI=1S/C22H31ClN4O5S/c1-6-7-8-11-27(33(30)31)21(28)20-14-26(16(4)24-20)13-17-9-10-18(12-19(17)23)25(5)22(29)32-15(2)3/h9-10,12,14-15H,6-8,11,13H2,1-5H3,(H,30,31). The molecule has 2 amide bonds. The van der Waals surface area contributed by atoms with Crippen molar-refractivity contribution in [3.05, 3.63) is 46.5 Å². The number of hydrogen-bond acceptors (Lipinski definition) is 5. The van der Waals surface area contributed by atoms with Gasteiger partial charge in [0.05, 0.1) is 12.6 Å². The highest BCUT2D eigenvalue weighted by molar-refractivity contribution is 7.77. The average molecular weight is 499 g/mol. The second-order valence-corrected chi connectivity index (χ2v) is 9.22. The first-order valence-electron chi connectivity index (χ1n) is 10.7. The largest absolute Gasteiger partial charge is 0.446 e. The Labute approximate surface area is 202 Å². The molecule has 0 aliphatic carbocycles. The second kappa shape index (κ2) is 12.2. The van der Waals surface area contributed by atoms with Crippen molar-refractivity contribution in [3.8, 4) is 0 Å². The SMILES string of the molecule is CCCCCN(C(=O)c1cn(Cc2ccc(N(C)C(=O)OC(C)C)cc2Cl)c(C)n1)S(=O)O. The summed E-state index contributed by atoms with van der Waals surface area (Å²) in [6, 6.07) is 5.21. The van der Waals surface area contributed by atoms with Gasteiger partial charge in [0.2, 0.25) is 0 Å². The number of anilines is 1. The molecule has 2 aromatic rings. The third-order valence-corrected chi connectivity index (χ3v) is 6.03. The molecule has 0 saturated carbocycles. The van der Waals surface area contributed by atoms with E-state index in [1.165, 1.54) is 4.90 Å². The van der Waals surface area contributed by atoms with Crippen LogP contribution in [0.4, 0.5) is 10.5 Å². The van der Waals surface area contributed by atoms with Gasteiger partial charge in [-0.25, -0.2) is 18.3 Å². The molecule has 1 heterocycles. The van der Waals surface area contributed by atoms with E-state index in [4.69, 9.17) is 16.3 Å². The summed E-state index contributed by atoms with van der Waals surface area (Å²) in [6.07, 6.45) is 3.26.